The van der Waals surface area contributed by atoms with Crippen molar-refractivity contribution in [2.45, 2.75) is 19.3 Å². The van der Waals surface area contributed by atoms with Gasteiger partial charge in [-0.05, 0) is 95.9 Å². The maximum atomic E-state index is 5.75. The van der Waals surface area contributed by atoms with Gasteiger partial charge in [0.1, 0.15) is 0 Å². The Morgan fingerprint density at radius 1 is 0.857 bits per heavy atom. The highest BCUT2D eigenvalue weighted by Gasteiger charge is 2.15. The second-order valence-electron chi connectivity index (χ2n) is 7.22. The number of aromatic nitrogens is 1. The lowest BCUT2D eigenvalue weighted by atomic mass is 9.99. The lowest BCUT2D eigenvalue weighted by molar-refractivity contribution is 0.748. The van der Waals surface area contributed by atoms with Crippen molar-refractivity contribution in [1.29, 1.82) is 0 Å². The first-order valence-corrected chi connectivity index (χ1v) is 11.6. The van der Waals surface area contributed by atoms with E-state index in [4.69, 9.17) is 5.73 Å². The number of nitrogens with two attached hydrogens (primary N) is 1. The van der Waals surface area contributed by atoms with Gasteiger partial charge in [0.15, 0.2) is 0 Å². The maximum Gasteiger partial charge on any atom is 0.0497 e. The first kappa shape index (κ1) is 18.2. The smallest absolute Gasteiger partial charge is 0.0497 e. The lowest BCUT2D eigenvalue weighted by Gasteiger charge is -2.06. The fourth-order valence-electron chi connectivity index (χ4n) is 4.05. The molecule has 0 unspecified atom stereocenters. The number of aryl methyl sites for hydroxylation is 1. The standard InChI is InChI=1S/C24H21IN2S/c25-16-9-10-21-19(14-16)18(6-3-4-12-26)24(27-21)15-8-11-23-20(13-15)17-5-1-2-7-22(17)28-23/h1-2,5,7-11,13-14,27H,3-4,6,12,26H2. The van der Waals surface area contributed by atoms with E-state index in [0.717, 1.165) is 25.8 Å². The van der Waals surface area contributed by atoms with Crippen LogP contribution in [0, 0.1) is 3.57 Å². The van der Waals surface area contributed by atoms with Gasteiger partial charge in [0.05, 0.1) is 0 Å². The Morgan fingerprint density at radius 3 is 2.61 bits per heavy atom. The quantitative estimate of drug-likeness (QED) is 0.198. The summed E-state index contributed by atoms with van der Waals surface area (Å²) in [7, 11) is 0. The number of rotatable bonds is 5. The number of unbranched alkanes of at least 4 members (excludes halogenated alkanes) is 1. The first-order chi connectivity index (χ1) is 13.7. The molecule has 3 N–H and O–H groups in total. The van der Waals surface area contributed by atoms with E-state index in [2.05, 4.69) is 88.2 Å². The van der Waals surface area contributed by atoms with Crippen LogP contribution in [0.5, 0.6) is 0 Å². The molecular formula is C24H21IN2S. The van der Waals surface area contributed by atoms with Crippen LogP contribution in [0.3, 0.4) is 0 Å². The van der Waals surface area contributed by atoms with Crippen LogP contribution in [0.15, 0.2) is 60.7 Å². The van der Waals surface area contributed by atoms with Crippen molar-refractivity contribution >= 4 is 65.0 Å². The number of benzene rings is 3. The van der Waals surface area contributed by atoms with Crippen LogP contribution in [0.25, 0.3) is 42.3 Å². The topological polar surface area (TPSA) is 41.8 Å². The molecule has 0 fully saturated rings. The second kappa shape index (κ2) is 7.50. The largest absolute Gasteiger partial charge is 0.354 e. The minimum absolute atomic E-state index is 0.752. The molecule has 0 amide bonds. The fourth-order valence-corrected chi connectivity index (χ4v) is 5.63. The molecular weight excluding hydrogens is 475 g/mol. The van der Waals surface area contributed by atoms with Crippen LogP contribution >= 0.6 is 33.9 Å². The van der Waals surface area contributed by atoms with Crippen LogP contribution in [-0.4, -0.2) is 11.5 Å². The fraction of sp³-hybridized carbons (Fsp3) is 0.167. The third-order valence-corrected chi connectivity index (χ3v) is 7.24. The highest BCUT2D eigenvalue weighted by molar-refractivity contribution is 14.1. The van der Waals surface area contributed by atoms with Crippen LogP contribution in [0.4, 0.5) is 0 Å². The minimum atomic E-state index is 0.752. The van der Waals surface area contributed by atoms with Crippen molar-refractivity contribution in [3.63, 3.8) is 0 Å². The minimum Gasteiger partial charge on any atom is -0.354 e. The molecule has 2 aromatic heterocycles. The van der Waals surface area contributed by atoms with E-state index in [1.807, 2.05) is 11.3 Å². The molecule has 0 aliphatic rings. The summed E-state index contributed by atoms with van der Waals surface area (Å²) in [6.07, 6.45) is 3.23. The van der Waals surface area contributed by atoms with E-state index in [1.165, 1.54) is 51.5 Å². The molecule has 2 heterocycles. The summed E-state index contributed by atoms with van der Waals surface area (Å²) in [5, 5.41) is 4.04. The van der Waals surface area contributed by atoms with Crippen molar-refractivity contribution in [2.24, 2.45) is 5.73 Å². The van der Waals surface area contributed by atoms with Crippen LogP contribution in [0.1, 0.15) is 18.4 Å². The van der Waals surface area contributed by atoms with E-state index in [-0.39, 0.29) is 0 Å². The lowest BCUT2D eigenvalue weighted by Crippen LogP contribution is -1.99. The third kappa shape index (κ3) is 3.13. The van der Waals surface area contributed by atoms with Crippen molar-refractivity contribution < 1.29 is 0 Å². The van der Waals surface area contributed by atoms with Gasteiger partial charge in [-0.2, -0.15) is 0 Å². The summed E-state index contributed by atoms with van der Waals surface area (Å²) < 4.78 is 3.97. The van der Waals surface area contributed by atoms with Gasteiger partial charge < -0.3 is 10.7 Å². The summed E-state index contributed by atoms with van der Waals surface area (Å²) in [6.45, 7) is 0.752. The van der Waals surface area contributed by atoms with E-state index in [0.29, 0.717) is 0 Å². The Balaban J connectivity index is 1.71. The predicted octanol–water partition coefficient (Wildman–Crippen LogP) is 7.09. The Labute approximate surface area is 181 Å². The summed E-state index contributed by atoms with van der Waals surface area (Å²) in [5.41, 5.74) is 10.9. The third-order valence-electron chi connectivity index (χ3n) is 5.41. The molecule has 0 spiro atoms. The predicted molar refractivity (Wildman–Crippen MR) is 131 cm³/mol. The molecule has 4 heteroatoms. The number of thiophene rings is 1. The summed E-state index contributed by atoms with van der Waals surface area (Å²) in [5.74, 6) is 0. The molecule has 0 atom stereocenters. The van der Waals surface area contributed by atoms with E-state index in [1.54, 1.807) is 0 Å². The van der Waals surface area contributed by atoms with Gasteiger partial charge in [-0.3, -0.25) is 0 Å². The van der Waals surface area contributed by atoms with Gasteiger partial charge in [-0.25, -0.2) is 0 Å². The molecule has 0 aliphatic carbocycles. The van der Waals surface area contributed by atoms with Gasteiger partial charge >= 0.3 is 0 Å². The molecule has 140 valence electrons. The molecule has 5 rings (SSSR count). The average molecular weight is 496 g/mol. The molecule has 0 saturated carbocycles. The molecule has 3 aromatic carbocycles. The van der Waals surface area contributed by atoms with Crippen molar-refractivity contribution in [1.82, 2.24) is 4.98 Å². The zero-order valence-corrected chi connectivity index (χ0v) is 18.4. The number of hydrogen-bond donors (Lipinski definition) is 2. The van der Waals surface area contributed by atoms with Crippen LogP contribution < -0.4 is 5.73 Å². The Bertz CT molecular complexity index is 1300. The van der Waals surface area contributed by atoms with Crippen LogP contribution in [-0.2, 0) is 6.42 Å². The Morgan fingerprint density at radius 2 is 1.71 bits per heavy atom. The summed E-state index contributed by atoms with van der Waals surface area (Å²) in [4.78, 5) is 3.71. The van der Waals surface area contributed by atoms with Gasteiger partial charge in [0, 0.05) is 40.3 Å². The van der Waals surface area contributed by atoms with E-state index >= 15 is 0 Å². The van der Waals surface area contributed by atoms with Gasteiger partial charge in [0.2, 0.25) is 0 Å². The van der Waals surface area contributed by atoms with Crippen LogP contribution in [0.2, 0.25) is 0 Å². The number of nitrogens with one attached hydrogen (secondary N) is 1. The normalized spacial score (nSPS) is 11.8. The van der Waals surface area contributed by atoms with Gasteiger partial charge in [0.25, 0.3) is 0 Å². The molecule has 28 heavy (non-hydrogen) atoms. The monoisotopic (exact) mass is 496 g/mol. The highest BCUT2D eigenvalue weighted by Crippen LogP contribution is 2.38. The molecule has 5 aromatic rings. The number of H-pyrrole nitrogens is 1. The Kier molecular flexibility index (Phi) is 4.87. The van der Waals surface area contributed by atoms with E-state index in [9.17, 15) is 0 Å². The van der Waals surface area contributed by atoms with Crippen molar-refractivity contribution in [2.75, 3.05) is 6.54 Å². The average Bonchev–Trinajstić information content (AvgIpc) is 3.26. The highest BCUT2D eigenvalue weighted by atomic mass is 127. The Hall–Kier alpha value is -1.89. The number of fused-ring (bicyclic) bond motifs is 4. The molecule has 0 aliphatic heterocycles. The second-order valence-corrected chi connectivity index (χ2v) is 9.55. The first-order valence-electron chi connectivity index (χ1n) is 9.66. The summed E-state index contributed by atoms with van der Waals surface area (Å²) >= 11 is 4.27. The van der Waals surface area contributed by atoms with Gasteiger partial charge in [-0.15, -0.1) is 11.3 Å². The molecule has 0 radical (unpaired) electrons. The SMILES string of the molecule is NCCCCc1c(-c2ccc3sc4ccccc4c3c2)[nH]c2ccc(I)cc12. The van der Waals surface area contributed by atoms with Gasteiger partial charge in [-0.1, -0.05) is 24.3 Å². The molecule has 2 nitrogen and oxygen atoms in total. The number of hydrogen-bond acceptors (Lipinski definition) is 2. The zero-order valence-electron chi connectivity index (χ0n) is 15.5. The number of aromatic amines is 1. The molecule has 0 bridgehead atoms. The van der Waals surface area contributed by atoms with E-state index < -0.39 is 0 Å². The van der Waals surface area contributed by atoms with Crippen molar-refractivity contribution in [3.05, 3.63) is 69.8 Å². The zero-order chi connectivity index (χ0) is 19.1. The molecule has 0 saturated heterocycles. The number of halogens is 1. The van der Waals surface area contributed by atoms with Crippen molar-refractivity contribution in [3.8, 4) is 11.3 Å². The summed E-state index contributed by atoms with van der Waals surface area (Å²) in [6, 6.07) is 22.2. The maximum absolute atomic E-state index is 5.75.